The van der Waals surface area contributed by atoms with E-state index in [9.17, 15) is 14.4 Å². The molecule has 0 spiro atoms. The smallest absolute Gasteiger partial charge is 0.408 e. The van der Waals surface area contributed by atoms with Gasteiger partial charge >= 0.3 is 12.1 Å². The summed E-state index contributed by atoms with van der Waals surface area (Å²) in [5.74, 6) is -1.35. The Kier molecular flexibility index (Phi) is 7.64. The van der Waals surface area contributed by atoms with Crippen LogP contribution in [-0.2, 0) is 14.3 Å². The van der Waals surface area contributed by atoms with E-state index in [1.807, 2.05) is 0 Å². The third-order valence-electron chi connectivity index (χ3n) is 2.78. The zero-order valence-corrected chi connectivity index (χ0v) is 15.7. The highest BCUT2D eigenvalue weighted by Gasteiger charge is 2.22. The zero-order valence-electron chi connectivity index (χ0n) is 15.7. The van der Waals surface area contributed by atoms with Crippen molar-refractivity contribution in [1.29, 1.82) is 0 Å². The van der Waals surface area contributed by atoms with Crippen molar-refractivity contribution in [3.05, 3.63) is 17.6 Å². The number of nitrogens with zero attached hydrogens (tertiary/aromatic N) is 3. The van der Waals surface area contributed by atoms with E-state index >= 15 is 0 Å². The van der Waals surface area contributed by atoms with Crippen LogP contribution in [0.25, 0.3) is 0 Å². The lowest BCUT2D eigenvalue weighted by Gasteiger charge is -2.21. The van der Waals surface area contributed by atoms with Gasteiger partial charge < -0.3 is 26.3 Å². The largest absolute Gasteiger partial charge is 0.461 e. The van der Waals surface area contributed by atoms with Gasteiger partial charge in [-0.15, -0.1) is 0 Å². The number of esters is 1. The van der Waals surface area contributed by atoms with Crippen molar-refractivity contribution >= 4 is 30.0 Å². The molecule has 1 atom stereocenters. The number of nitrogens with one attached hydrogen (secondary N) is 1. The Morgan fingerprint density at radius 3 is 2.56 bits per heavy atom. The Morgan fingerprint density at radius 1 is 1.33 bits per heavy atom. The van der Waals surface area contributed by atoms with Gasteiger partial charge in [0.25, 0.3) is 0 Å². The number of carbonyl (C=O) groups is 3. The molecule has 11 nitrogen and oxygen atoms in total. The van der Waals surface area contributed by atoms with Crippen LogP contribution in [0.3, 0.4) is 0 Å². The quantitative estimate of drug-likeness (QED) is 0.439. The molecule has 0 fully saturated rings. The number of alkyl carbamates (subject to hydrolysis) is 1. The molecule has 0 aliphatic rings. The Bertz CT molecular complexity index is 729. The summed E-state index contributed by atoms with van der Waals surface area (Å²) in [6.07, 6.45) is 0.400. The third-order valence-corrected chi connectivity index (χ3v) is 2.78. The van der Waals surface area contributed by atoms with Crippen LogP contribution in [0.5, 0.6) is 0 Å². The van der Waals surface area contributed by atoms with Crippen LogP contribution in [0.1, 0.15) is 44.0 Å². The van der Waals surface area contributed by atoms with Crippen LogP contribution < -0.4 is 16.8 Å². The normalized spacial score (nSPS) is 12.4. The van der Waals surface area contributed by atoms with E-state index in [1.54, 1.807) is 27.7 Å². The van der Waals surface area contributed by atoms with Crippen LogP contribution in [0, 0.1) is 0 Å². The van der Waals surface area contributed by atoms with E-state index < -0.39 is 29.6 Å². The molecule has 11 heteroatoms. The minimum absolute atomic E-state index is 0.0240. The number of hydrogen-bond donors (Lipinski definition) is 3. The molecule has 0 unspecified atom stereocenters. The maximum absolute atomic E-state index is 11.7. The summed E-state index contributed by atoms with van der Waals surface area (Å²) in [4.78, 5) is 46.8. The van der Waals surface area contributed by atoms with E-state index in [-0.39, 0.29) is 30.5 Å². The molecule has 1 aromatic heterocycles. The number of ether oxygens (including phenoxy) is 2. The summed E-state index contributed by atoms with van der Waals surface area (Å²) >= 11 is 0. The second-order valence-electron chi connectivity index (χ2n) is 6.35. The predicted octanol–water partition coefficient (Wildman–Crippen LogP) is 0.0330. The first kappa shape index (κ1) is 21.8. The number of amides is 2. The fourth-order valence-electron chi connectivity index (χ4n) is 1.75. The van der Waals surface area contributed by atoms with Gasteiger partial charge in [-0.3, -0.25) is 9.79 Å². The number of primary amides is 1. The number of nitrogens with two attached hydrogens (primary N) is 2. The van der Waals surface area contributed by atoms with E-state index in [4.69, 9.17) is 20.9 Å². The number of hydrogen-bond acceptors (Lipinski definition) is 9. The number of aromatic nitrogens is 2. The van der Waals surface area contributed by atoms with Gasteiger partial charge in [-0.05, 0) is 27.7 Å². The predicted molar refractivity (Wildman–Crippen MR) is 97.2 cm³/mol. The fourth-order valence-corrected chi connectivity index (χ4v) is 1.75. The van der Waals surface area contributed by atoms with Gasteiger partial charge in [-0.2, -0.15) is 0 Å². The number of carbonyl (C=O) groups excluding carboxylic acids is 3. The molecular formula is C16H24N6O5. The monoisotopic (exact) mass is 380 g/mol. The first-order chi connectivity index (χ1) is 12.5. The maximum Gasteiger partial charge on any atom is 0.408 e. The van der Waals surface area contributed by atoms with Gasteiger partial charge in [0.05, 0.1) is 19.4 Å². The van der Waals surface area contributed by atoms with Crippen LogP contribution in [0.15, 0.2) is 11.1 Å². The van der Waals surface area contributed by atoms with Gasteiger partial charge in [0, 0.05) is 6.07 Å². The van der Waals surface area contributed by atoms with Crippen molar-refractivity contribution in [2.24, 2.45) is 10.7 Å². The lowest BCUT2D eigenvalue weighted by molar-refractivity contribution is -0.119. The number of nitrogen functional groups attached to an aromatic ring is 1. The molecule has 0 saturated heterocycles. The standard InChI is InChI=1S/C16H24N6O5/c1-5-26-14(24)9-6-11(17)22-12(20-9)8-19-7-10(13(18)23)21-15(25)27-16(2,3)4/h6,8,10H,5,7H2,1-4H3,(H2,18,23)(H,21,25)(H2,17,20,22)/t10-/m0/s1. The molecule has 0 aromatic carbocycles. The molecule has 148 valence electrons. The van der Waals surface area contributed by atoms with Crippen LogP contribution >= 0.6 is 0 Å². The second-order valence-corrected chi connectivity index (χ2v) is 6.35. The van der Waals surface area contributed by atoms with Crippen molar-refractivity contribution in [3.63, 3.8) is 0 Å². The van der Waals surface area contributed by atoms with E-state index in [2.05, 4.69) is 20.3 Å². The molecular weight excluding hydrogens is 356 g/mol. The lowest BCUT2D eigenvalue weighted by Crippen LogP contribution is -2.48. The Balaban J connectivity index is 2.81. The minimum Gasteiger partial charge on any atom is -0.461 e. The highest BCUT2D eigenvalue weighted by Crippen LogP contribution is 2.07. The average Bonchev–Trinajstić information content (AvgIpc) is 2.51. The van der Waals surface area contributed by atoms with Crippen LogP contribution in [-0.4, -0.2) is 58.9 Å². The molecule has 0 saturated carbocycles. The van der Waals surface area contributed by atoms with Crippen molar-refractivity contribution in [2.45, 2.75) is 39.3 Å². The summed E-state index contributed by atoms with van der Waals surface area (Å²) in [5.41, 5.74) is 10.1. The van der Waals surface area contributed by atoms with Crippen molar-refractivity contribution in [3.8, 4) is 0 Å². The first-order valence-corrected chi connectivity index (χ1v) is 8.12. The topological polar surface area (TPSA) is 172 Å². The highest BCUT2D eigenvalue weighted by atomic mass is 16.6. The molecule has 0 aliphatic heterocycles. The summed E-state index contributed by atoms with van der Waals surface area (Å²) in [6, 6.07) is 0.174. The van der Waals surface area contributed by atoms with E-state index in [0.717, 1.165) is 0 Å². The van der Waals surface area contributed by atoms with Gasteiger partial charge in [0.15, 0.2) is 11.5 Å². The SMILES string of the molecule is CCOC(=O)c1cc(N)nc(C=NC[C@H](NC(=O)OC(C)(C)C)C(N)=O)n1. The minimum atomic E-state index is -1.10. The Labute approximate surface area is 156 Å². The molecule has 2 amide bonds. The molecule has 5 N–H and O–H groups in total. The Morgan fingerprint density at radius 2 is 2.00 bits per heavy atom. The van der Waals surface area contributed by atoms with Crippen molar-refractivity contribution < 1.29 is 23.9 Å². The zero-order chi connectivity index (χ0) is 20.6. The lowest BCUT2D eigenvalue weighted by atomic mass is 10.2. The molecule has 1 rings (SSSR count). The van der Waals surface area contributed by atoms with Gasteiger partial charge in [-0.25, -0.2) is 19.6 Å². The summed E-state index contributed by atoms with van der Waals surface area (Å²) in [7, 11) is 0. The Hall–Kier alpha value is -3.24. The van der Waals surface area contributed by atoms with Gasteiger partial charge in [-0.1, -0.05) is 0 Å². The molecule has 1 aromatic rings. The van der Waals surface area contributed by atoms with Crippen molar-refractivity contribution in [2.75, 3.05) is 18.9 Å². The van der Waals surface area contributed by atoms with Gasteiger partial charge in [0.2, 0.25) is 5.91 Å². The summed E-state index contributed by atoms with van der Waals surface area (Å²) in [5, 5.41) is 2.33. The fraction of sp³-hybridized carbons (Fsp3) is 0.500. The summed E-state index contributed by atoms with van der Waals surface area (Å²) in [6.45, 7) is 6.71. The molecule has 1 heterocycles. The number of rotatable bonds is 7. The maximum atomic E-state index is 11.7. The van der Waals surface area contributed by atoms with E-state index in [0.29, 0.717) is 0 Å². The highest BCUT2D eigenvalue weighted by molar-refractivity contribution is 5.89. The van der Waals surface area contributed by atoms with Crippen molar-refractivity contribution in [1.82, 2.24) is 15.3 Å². The molecule has 0 radical (unpaired) electrons. The van der Waals surface area contributed by atoms with Crippen LogP contribution in [0.4, 0.5) is 10.6 Å². The third kappa shape index (κ3) is 8.12. The summed E-state index contributed by atoms with van der Waals surface area (Å²) < 4.78 is 9.91. The molecule has 0 bridgehead atoms. The second kappa shape index (κ2) is 9.46. The molecule has 27 heavy (non-hydrogen) atoms. The average molecular weight is 380 g/mol. The number of aliphatic imine (C=N–C) groups is 1. The van der Waals surface area contributed by atoms with E-state index in [1.165, 1.54) is 12.3 Å². The van der Waals surface area contributed by atoms with Gasteiger partial charge in [0.1, 0.15) is 17.5 Å². The van der Waals surface area contributed by atoms with Crippen LogP contribution in [0.2, 0.25) is 0 Å². The first-order valence-electron chi connectivity index (χ1n) is 8.12. The number of anilines is 1. The molecule has 0 aliphatic carbocycles.